The number of carbonyl (C=O) groups is 1. The Morgan fingerprint density at radius 3 is 2.06 bits per heavy atom. The molecule has 1 heterocycles. The monoisotopic (exact) mass is 470 g/mol. The molecule has 1 saturated heterocycles. The third kappa shape index (κ3) is 5.28. The Kier molecular flexibility index (Phi) is 7.05. The van der Waals surface area contributed by atoms with Gasteiger partial charge in [0.1, 0.15) is 11.9 Å². The van der Waals surface area contributed by atoms with E-state index >= 15 is 0 Å². The van der Waals surface area contributed by atoms with Crippen LogP contribution in [0.5, 0.6) is 5.75 Å². The Morgan fingerprint density at radius 2 is 1.49 bits per heavy atom. The van der Waals surface area contributed by atoms with Gasteiger partial charge in [-0.25, -0.2) is 0 Å². The van der Waals surface area contributed by atoms with Crippen LogP contribution in [0, 0.1) is 0 Å². The third-order valence-electron chi connectivity index (χ3n) is 7.16. The summed E-state index contributed by atoms with van der Waals surface area (Å²) >= 11 is 0. The summed E-state index contributed by atoms with van der Waals surface area (Å²) in [6.45, 7) is 12.2. The summed E-state index contributed by atoms with van der Waals surface area (Å²) in [7, 11) is 1.68. The van der Waals surface area contributed by atoms with E-state index in [0.717, 1.165) is 17.7 Å². The van der Waals surface area contributed by atoms with E-state index in [-0.39, 0.29) is 17.5 Å². The van der Waals surface area contributed by atoms with Crippen molar-refractivity contribution in [2.45, 2.75) is 64.7 Å². The van der Waals surface area contributed by atoms with Gasteiger partial charge in [0.05, 0.1) is 12.6 Å². The first-order valence-electron chi connectivity index (χ1n) is 12.5. The molecule has 0 N–H and O–H groups in total. The summed E-state index contributed by atoms with van der Waals surface area (Å²) in [5, 5.41) is 0. The molecule has 1 atom stereocenters. The molecule has 184 valence electrons. The first-order valence-corrected chi connectivity index (χ1v) is 12.5. The second kappa shape index (κ2) is 9.87. The highest BCUT2D eigenvalue weighted by molar-refractivity contribution is 5.88. The van der Waals surface area contributed by atoms with Gasteiger partial charge in [0, 0.05) is 13.1 Å². The van der Waals surface area contributed by atoms with Crippen LogP contribution >= 0.6 is 0 Å². The zero-order valence-corrected chi connectivity index (χ0v) is 21.9. The van der Waals surface area contributed by atoms with Crippen molar-refractivity contribution in [3.63, 3.8) is 0 Å². The van der Waals surface area contributed by atoms with E-state index in [1.165, 1.54) is 16.7 Å². The predicted octanol–water partition coefficient (Wildman–Crippen LogP) is 6.36. The Bertz CT molecular complexity index is 1130. The van der Waals surface area contributed by atoms with Gasteiger partial charge in [0.2, 0.25) is 5.91 Å². The molecule has 0 radical (unpaired) electrons. The molecule has 0 bridgehead atoms. The van der Waals surface area contributed by atoms with E-state index in [1.807, 2.05) is 18.2 Å². The lowest BCUT2D eigenvalue weighted by atomic mass is 9.86. The average Bonchev–Trinajstić information content (AvgIpc) is 3.03. The highest BCUT2D eigenvalue weighted by atomic mass is 16.5. The Balaban J connectivity index is 1.68. The van der Waals surface area contributed by atoms with Crippen LogP contribution in [0.1, 0.15) is 63.0 Å². The van der Waals surface area contributed by atoms with Crippen LogP contribution in [0.4, 0.5) is 0 Å². The number of hydrogen-bond donors (Lipinski definition) is 0. The first-order chi connectivity index (χ1) is 16.6. The van der Waals surface area contributed by atoms with E-state index in [0.29, 0.717) is 13.1 Å². The smallest absolute Gasteiger partial charge is 0.244 e. The molecule has 3 aromatic carbocycles. The molecule has 0 spiro atoms. The molecular formula is C31H38N2O2. The van der Waals surface area contributed by atoms with Crippen LogP contribution in [0.3, 0.4) is 0 Å². The second-order valence-corrected chi connectivity index (χ2v) is 11.0. The highest BCUT2D eigenvalue weighted by Crippen LogP contribution is 2.42. The van der Waals surface area contributed by atoms with Crippen LogP contribution in [0.2, 0.25) is 0 Å². The largest absolute Gasteiger partial charge is 0.497 e. The summed E-state index contributed by atoms with van der Waals surface area (Å²) in [6.07, 6.45) is 0.673. The number of ether oxygens (including phenoxy) is 1. The number of methoxy groups -OCH3 is 1. The van der Waals surface area contributed by atoms with Gasteiger partial charge < -0.3 is 9.64 Å². The van der Waals surface area contributed by atoms with E-state index in [9.17, 15) is 4.79 Å². The lowest BCUT2D eigenvalue weighted by molar-refractivity contribution is -0.132. The predicted molar refractivity (Wildman–Crippen MR) is 142 cm³/mol. The standard InChI is InChI=1S/C31H38N2O2/c1-30(2,3)26-16-14-25(15-17-26)28-32(21-20-23-12-18-27(35-6)19-13-23)29(34)31(4,5)33(28)22-24-10-8-7-9-11-24/h7-19,28H,20-22H2,1-6H3. The van der Waals surface area contributed by atoms with E-state index < -0.39 is 5.54 Å². The maximum Gasteiger partial charge on any atom is 0.244 e. The summed E-state index contributed by atoms with van der Waals surface area (Å²) in [5.41, 5.74) is 4.33. The van der Waals surface area contributed by atoms with Crippen molar-refractivity contribution < 1.29 is 9.53 Å². The topological polar surface area (TPSA) is 32.8 Å². The van der Waals surface area contributed by atoms with Gasteiger partial charge >= 0.3 is 0 Å². The summed E-state index contributed by atoms with van der Waals surface area (Å²) in [6, 6.07) is 27.4. The minimum absolute atomic E-state index is 0.0844. The maximum absolute atomic E-state index is 13.8. The Labute approximate surface area is 210 Å². The number of carbonyl (C=O) groups excluding carboxylic acids is 1. The van der Waals surface area contributed by atoms with Crippen molar-refractivity contribution in [3.8, 4) is 5.75 Å². The molecule has 3 aromatic rings. The number of amides is 1. The molecule has 0 aliphatic carbocycles. The first kappa shape index (κ1) is 25.0. The van der Waals surface area contributed by atoms with Gasteiger partial charge in [-0.2, -0.15) is 0 Å². The molecule has 4 heteroatoms. The summed E-state index contributed by atoms with van der Waals surface area (Å²) in [4.78, 5) is 18.2. The lowest BCUT2D eigenvalue weighted by Gasteiger charge is -2.34. The van der Waals surface area contributed by atoms with Crippen LogP contribution in [0.25, 0.3) is 0 Å². The fourth-order valence-corrected chi connectivity index (χ4v) is 4.90. The van der Waals surface area contributed by atoms with Crippen molar-refractivity contribution in [1.82, 2.24) is 9.80 Å². The maximum atomic E-state index is 13.8. The summed E-state index contributed by atoms with van der Waals surface area (Å²) in [5.74, 6) is 1.02. The molecule has 1 fully saturated rings. The minimum Gasteiger partial charge on any atom is -0.497 e. The van der Waals surface area contributed by atoms with E-state index in [1.54, 1.807) is 7.11 Å². The molecule has 1 aliphatic rings. The van der Waals surface area contributed by atoms with Gasteiger partial charge in [0.25, 0.3) is 0 Å². The number of benzene rings is 3. The second-order valence-electron chi connectivity index (χ2n) is 11.0. The zero-order valence-electron chi connectivity index (χ0n) is 21.9. The SMILES string of the molecule is COc1ccc(CCN2C(=O)C(C)(C)N(Cc3ccccc3)C2c2ccc(C(C)(C)C)cc2)cc1. The zero-order chi connectivity index (χ0) is 25.2. The molecule has 4 rings (SSSR count). The van der Waals surface area contributed by atoms with Crippen LogP contribution in [-0.2, 0) is 23.2 Å². The lowest BCUT2D eigenvalue weighted by Crippen LogP contribution is -2.43. The summed E-state index contributed by atoms with van der Waals surface area (Å²) < 4.78 is 5.30. The van der Waals surface area contributed by atoms with Gasteiger partial charge in [-0.05, 0) is 60.1 Å². The number of nitrogens with zero attached hydrogens (tertiary/aromatic N) is 2. The molecule has 1 unspecified atom stereocenters. The van der Waals surface area contributed by atoms with Crippen LogP contribution < -0.4 is 4.74 Å². The fraction of sp³-hybridized carbons (Fsp3) is 0.387. The molecule has 35 heavy (non-hydrogen) atoms. The Morgan fingerprint density at radius 1 is 0.857 bits per heavy atom. The van der Waals surface area contributed by atoms with Crippen molar-refractivity contribution in [2.75, 3.05) is 13.7 Å². The average molecular weight is 471 g/mol. The number of rotatable bonds is 7. The van der Waals surface area contributed by atoms with Gasteiger partial charge in [-0.15, -0.1) is 0 Å². The molecular weight excluding hydrogens is 432 g/mol. The van der Waals surface area contributed by atoms with Crippen molar-refractivity contribution >= 4 is 5.91 Å². The molecule has 4 nitrogen and oxygen atoms in total. The van der Waals surface area contributed by atoms with Gasteiger partial charge in [-0.1, -0.05) is 87.5 Å². The van der Waals surface area contributed by atoms with Gasteiger partial charge in [-0.3, -0.25) is 9.69 Å². The number of hydrogen-bond acceptors (Lipinski definition) is 3. The van der Waals surface area contributed by atoms with Gasteiger partial charge in [0.15, 0.2) is 0 Å². The minimum atomic E-state index is -0.608. The quantitative estimate of drug-likeness (QED) is 0.403. The molecule has 0 saturated carbocycles. The highest BCUT2D eigenvalue weighted by Gasteiger charge is 2.51. The normalized spacial score (nSPS) is 18.2. The fourth-order valence-electron chi connectivity index (χ4n) is 4.90. The van der Waals surface area contributed by atoms with Crippen LogP contribution in [0.15, 0.2) is 78.9 Å². The van der Waals surface area contributed by atoms with Crippen molar-refractivity contribution in [1.29, 1.82) is 0 Å². The molecule has 1 aliphatic heterocycles. The third-order valence-corrected chi connectivity index (χ3v) is 7.16. The molecule has 1 amide bonds. The Hall–Kier alpha value is -3.11. The van der Waals surface area contributed by atoms with E-state index in [4.69, 9.17) is 4.74 Å². The van der Waals surface area contributed by atoms with Crippen molar-refractivity contribution in [2.24, 2.45) is 0 Å². The van der Waals surface area contributed by atoms with Crippen LogP contribution in [-0.4, -0.2) is 34.9 Å². The van der Waals surface area contributed by atoms with Crippen molar-refractivity contribution in [3.05, 3.63) is 101 Å². The molecule has 0 aromatic heterocycles. The van der Waals surface area contributed by atoms with E-state index in [2.05, 4.69) is 105 Å².